The van der Waals surface area contributed by atoms with E-state index in [0.717, 1.165) is 5.56 Å². The van der Waals surface area contributed by atoms with Crippen molar-refractivity contribution in [3.8, 4) is 0 Å². The first-order valence-electron chi connectivity index (χ1n) is 19.8. The lowest BCUT2D eigenvalue weighted by atomic mass is 10.0. The number of amides is 5. The molecular weight excluding hydrogens is 772 g/mol. The molecule has 2 saturated heterocycles. The molecule has 2 aliphatic heterocycles. The number of carboxylic acids is 3. The Balaban J connectivity index is 1.57. The van der Waals surface area contributed by atoms with Crippen LogP contribution in [0.2, 0.25) is 0 Å². The van der Waals surface area contributed by atoms with Crippen LogP contribution in [0.1, 0.15) is 31.2 Å². The molecule has 0 radical (unpaired) electrons. The number of nitrogens with two attached hydrogens (primary N) is 1. The molecule has 1 aromatic rings. The molecule has 2 atom stereocenters. The standard InChI is InChI=1S/C38H60N10O11/c1-40-37(58)29(7-8-31(39)49)43-38(59)30(21-27-5-3-2-4-6-27)42-33(51)23-44-11-9-28(10-12-44)41-32(50)22-45-13-15-46(24-34(52)53)17-19-48(26-36(56)57)20-18-47(16-14-45)25-35(54)55/h2-6,28-30H,7-26H2,1H3,(H2,39,49)(H,40,58)(H,41,50)(H,42,51)(H,43,59)(H,52,53)(H,54,55)(H,56,57)/t29-,30+/m0/s1. The molecule has 59 heavy (non-hydrogen) atoms. The summed E-state index contributed by atoms with van der Waals surface area (Å²) in [6.45, 7) is 2.44. The second kappa shape index (κ2) is 25.3. The van der Waals surface area contributed by atoms with Gasteiger partial charge in [0.15, 0.2) is 0 Å². The Morgan fingerprint density at radius 1 is 0.610 bits per heavy atom. The zero-order chi connectivity index (χ0) is 43.3. The molecule has 5 amide bonds. The van der Waals surface area contributed by atoms with Crippen LogP contribution in [0.3, 0.4) is 0 Å². The molecule has 2 aliphatic rings. The van der Waals surface area contributed by atoms with Crippen LogP contribution >= 0.6 is 0 Å². The maximum absolute atomic E-state index is 13.4. The predicted octanol–water partition coefficient (Wildman–Crippen LogP) is -3.73. The first kappa shape index (κ1) is 48.2. The number of rotatable bonds is 20. The molecule has 0 unspecified atom stereocenters. The summed E-state index contributed by atoms with van der Waals surface area (Å²) in [5.74, 6) is -5.50. The SMILES string of the molecule is CNC(=O)[C@H](CCC(N)=O)NC(=O)[C@@H](Cc1ccccc1)NC(=O)CN1CCC(NC(=O)CN2CCN(CC(=O)O)CCN(CC(=O)O)CCN(CC(=O)O)CC2)CC1. The van der Waals surface area contributed by atoms with Crippen LogP contribution in [0.25, 0.3) is 0 Å². The highest BCUT2D eigenvalue weighted by atomic mass is 16.4. The summed E-state index contributed by atoms with van der Waals surface area (Å²) in [5.41, 5.74) is 6.04. The van der Waals surface area contributed by atoms with Crippen LogP contribution in [0.4, 0.5) is 0 Å². The largest absolute Gasteiger partial charge is 0.480 e. The Labute approximate surface area is 343 Å². The highest BCUT2D eigenvalue weighted by Crippen LogP contribution is 2.11. The first-order valence-corrected chi connectivity index (χ1v) is 19.8. The molecule has 0 bridgehead atoms. The normalized spacial score (nSPS) is 18.3. The van der Waals surface area contributed by atoms with Gasteiger partial charge in [-0.3, -0.25) is 62.9 Å². The second-order valence-electron chi connectivity index (χ2n) is 14.9. The van der Waals surface area contributed by atoms with Gasteiger partial charge >= 0.3 is 17.9 Å². The van der Waals surface area contributed by atoms with Crippen molar-refractivity contribution in [1.82, 2.24) is 45.8 Å². The van der Waals surface area contributed by atoms with Gasteiger partial charge in [0.05, 0.1) is 32.7 Å². The third-order valence-electron chi connectivity index (χ3n) is 10.2. The lowest BCUT2D eigenvalue weighted by Crippen LogP contribution is -2.56. The van der Waals surface area contributed by atoms with Gasteiger partial charge in [-0.1, -0.05) is 30.3 Å². The average molecular weight is 833 g/mol. The quantitative estimate of drug-likeness (QED) is 0.0627. The molecule has 2 fully saturated rings. The van der Waals surface area contributed by atoms with Crippen LogP contribution in [-0.4, -0.2) is 211 Å². The average Bonchev–Trinajstić information content (AvgIpc) is 3.17. The molecule has 21 heteroatoms. The summed E-state index contributed by atoms with van der Waals surface area (Å²) in [4.78, 5) is 107. The fraction of sp³-hybridized carbons (Fsp3) is 0.632. The summed E-state index contributed by atoms with van der Waals surface area (Å²) in [7, 11) is 1.41. The lowest BCUT2D eigenvalue weighted by molar-refractivity contribution is -0.140. The van der Waals surface area contributed by atoms with E-state index in [9.17, 15) is 53.7 Å². The third kappa shape index (κ3) is 19.4. The number of likely N-dealkylation sites (tertiary alicyclic amines) is 1. The summed E-state index contributed by atoms with van der Waals surface area (Å²) >= 11 is 0. The van der Waals surface area contributed by atoms with Gasteiger partial charge in [-0.25, -0.2) is 0 Å². The molecular formula is C38H60N10O11. The molecule has 328 valence electrons. The van der Waals surface area contributed by atoms with Gasteiger partial charge in [0, 0.05) is 91.4 Å². The number of benzene rings is 1. The minimum absolute atomic E-state index is 0.0102. The molecule has 2 heterocycles. The van der Waals surface area contributed by atoms with Crippen molar-refractivity contribution in [3.63, 3.8) is 0 Å². The summed E-state index contributed by atoms with van der Waals surface area (Å²) < 4.78 is 0. The Bertz CT molecular complexity index is 1550. The highest BCUT2D eigenvalue weighted by Gasteiger charge is 2.29. The topological polar surface area (TPSA) is 288 Å². The number of piperidine rings is 1. The fourth-order valence-electron chi connectivity index (χ4n) is 7.00. The number of carbonyl (C=O) groups excluding carboxylic acids is 5. The van der Waals surface area contributed by atoms with Crippen LogP contribution in [0.5, 0.6) is 0 Å². The molecule has 3 rings (SSSR count). The van der Waals surface area contributed by atoms with Crippen LogP contribution in [0.15, 0.2) is 30.3 Å². The van der Waals surface area contributed by atoms with E-state index in [-0.39, 0.29) is 103 Å². The molecule has 0 aromatic heterocycles. The van der Waals surface area contributed by atoms with Crippen molar-refractivity contribution < 1.29 is 53.7 Å². The second-order valence-corrected chi connectivity index (χ2v) is 14.9. The van der Waals surface area contributed by atoms with E-state index in [1.54, 1.807) is 26.8 Å². The molecule has 0 saturated carbocycles. The van der Waals surface area contributed by atoms with E-state index in [2.05, 4.69) is 21.3 Å². The molecule has 1 aromatic carbocycles. The number of nitrogens with zero attached hydrogens (tertiary/aromatic N) is 5. The smallest absolute Gasteiger partial charge is 0.317 e. The van der Waals surface area contributed by atoms with Crippen LogP contribution in [-0.2, 0) is 44.8 Å². The van der Waals surface area contributed by atoms with Gasteiger partial charge < -0.3 is 42.3 Å². The number of carboxylic acid groups (broad SMARTS) is 3. The van der Waals surface area contributed by atoms with Crippen molar-refractivity contribution in [2.24, 2.45) is 5.73 Å². The molecule has 0 aliphatic carbocycles. The number of aliphatic carboxylic acids is 3. The van der Waals surface area contributed by atoms with Gasteiger partial charge in [0.1, 0.15) is 12.1 Å². The summed E-state index contributed by atoms with van der Waals surface area (Å²) in [6.07, 6.45) is 1.11. The monoisotopic (exact) mass is 832 g/mol. The van der Waals surface area contributed by atoms with E-state index < -0.39 is 53.6 Å². The minimum Gasteiger partial charge on any atom is -0.480 e. The van der Waals surface area contributed by atoms with E-state index in [1.807, 2.05) is 28.0 Å². The maximum Gasteiger partial charge on any atom is 0.317 e. The molecule has 9 N–H and O–H groups in total. The summed E-state index contributed by atoms with van der Waals surface area (Å²) in [5, 5.41) is 39.3. The Morgan fingerprint density at radius 2 is 1.05 bits per heavy atom. The minimum atomic E-state index is -1.04. The number of hydrogen-bond donors (Lipinski definition) is 8. The predicted molar refractivity (Wildman–Crippen MR) is 213 cm³/mol. The Kier molecular flexibility index (Phi) is 20.7. The van der Waals surface area contributed by atoms with Gasteiger partial charge in [0.2, 0.25) is 29.5 Å². The van der Waals surface area contributed by atoms with E-state index >= 15 is 0 Å². The zero-order valence-corrected chi connectivity index (χ0v) is 33.7. The van der Waals surface area contributed by atoms with Gasteiger partial charge in [-0.2, -0.15) is 0 Å². The van der Waals surface area contributed by atoms with Crippen LogP contribution in [0, 0.1) is 0 Å². The Hall–Kier alpha value is -5.22. The van der Waals surface area contributed by atoms with Gasteiger partial charge in [-0.15, -0.1) is 0 Å². The van der Waals surface area contributed by atoms with Crippen molar-refractivity contribution in [2.75, 3.05) is 105 Å². The third-order valence-corrected chi connectivity index (χ3v) is 10.2. The summed E-state index contributed by atoms with van der Waals surface area (Å²) in [6, 6.07) is 6.83. The van der Waals surface area contributed by atoms with E-state index in [1.165, 1.54) is 7.05 Å². The first-order chi connectivity index (χ1) is 28.1. The number of nitrogens with one attached hydrogen (secondary N) is 4. The number of primary amides is 1. The van der Waals surface area contributed by atoms with Crippen molar-refractivity contribution >= 4 is 47.4 Å². The van der Waals surface area contributed by atoms with Gasteiger partial charge in [0.25, 0.3) is 0 Å². The van der Waals surface area contributed by atoms with Crippen molar-refractivity contribution in [1.29, 1.82) is 0 Å². The van der Waals surface area contributed by atoms with E-state index in [4.69, 9.17) is 5.73 Å². The fourth-order valence-corrected chi connectivity index (χ4v) is 7.00. The zero-order valence-electron chi connectivity index (χ0n) is 33.7. The Morgan fingerprint density at radius 3 is 1.49 bits per heavy atom. The lowest BCUT2D eigenvalue weighted by Gasteiger charge is -2.34. The van der Waals surface area contributed by atoms with E-state index in [0.29, 0.717) is 39.0 Å². The van der Waals surface area contributed by atoms with Crippen molar-refractivity contribution in [2.45, 2.75) is 50.2 Å². The number of hydrogen-bond acceptors (Lipinski definition) is 13. The molecule has 0 spiro atoms. The molecule has 21 nitrogen and oxygen atoms in total. The van der Waals surface area contributed by atoms with Crippen LogP contribution < -0.4 is 27.0 Å². The number of carbonyl (C=O) groups is 8. The van der Waals surface area contributed by atoms with Crippen molar-refractivity contribution in [3.05, 3.63) is 35.9 Å². The highest BCUT2D eigenvalue weighted by molar-refractivity contribution is 5.92. The number of likely N-dealkylation sites (N-methyl/N-ethyl adjacent to an activating group) is 1. The van der Waals surface area contributed by atoms with Gasteiger partial charge in [-0.05, 0) is 24.8 Å². The maximum atomic E-state index is 13.4.